The predicted molar refractivity (Wildman–Crippen MR) is 53.6 cm³/mol. The second-order valence-electron chi connectivity index (χ2n) is 3.52. The molecule has 0 bridgehead atoms. The smallest absolute Gasteiger partial charge is 0.389 e. The molecule has 0 saturated heterocycles. The van der Waals surface area contributed by atoms with E-state index in [0.29, 0.717) is 0 Å². The van der Waals surface area contributed by atoms with Crippen LogP contribution in [0.5, 0.6) is 0 Å². The summed E-state index contributed by atoms with van der Waals surface area (Å²) in [5.41, 5.74) is -2.71. The van der Waals surface area contributed by atoms with Crippen LogP contribution in [0.3, 0.4) is 0 Å². The number of carbonyl (C=O) groups is 1. The van der Waals surface area contributed by atoms with Crippen molar-refractivity contribution in [1.82, 2.24) is 9.55 Å². The van der Waals surface area contributed by atoms with E-state index in [1.54, 1.807) is 4.98 Å². The van der Waals surface area contributed by atoms with Gasteiger partial charge < -0.3 is 5.11 Å². The molecular weight excluding hydrogens is 257 g/mol. The Labute approximate surface area is 97.7 Å². The lowest BCUT2D eigenvalue weighted by Crippen LogP contribution is -2.33. The highest BCUT2D eigenvalue weighted by Crippen LogP contribution is 2.21. The van der Waals surface area contributed by atoms with Crippen molar-refractivity contribution in [2.75, 3.05) is 0 Å². The Balaban J connectivity index is 2.90. The van der Waals surface area contributed by atoms with E-state index in [0.717, 1.165) is 10.8 Å². The molecule has 18 heavy (non-hydrogen) atoms. The molecule has 1 aromatic heterocycles. The summed E-state index contributed by atoms with van der Waals surface area (Å²) in [6.45, 7) is -0.324. The zero-order chi connectivity index (χ0) is 13.9. The molecule has 0 unspecified atom stereocenters. The van der Waals surface area contributed by atoms with Gasteiger partial charge in [0, 0.05) is 19.2 Å². The third kappa shape index (κ3) is 3.75. The number of carboxylic acid groups (broad SMARTS) is 1. The molecule has 1 aromatic rings. The lowest BCUT2D eigenvalue weighted by molar-refractivity contribution is -0.135. The number of carboxylic acids is 1. The summed E-state index contributed by atoms with van der Waals surface area (Å²) >= 11 is 0. The van der Waals surface area contributed by atoms with Crippen LogP contribution in [0.1, 0.15) is 23.2 Å². The largest absolute Gasteiger partial charge is 0.477 e. The maximum atomic E-state index is 11.9. The fourth-order valence-corrected chi connectivity index (χ4v) is 1.28. The summed E-state index contributed by atoms with van der Waals surface area (Å²) in [7, 11) is 0. The van der Waals surface area contributed by atoms with Crippen molar-refractivity contribution < 1.29 is 23.1 Å². The number of alkyl halides is 3. The molecule has 0 aliphatic heterocycles. The number of halogens is 3. The Morgan fingerprint density at radius 2 is 2.00 bits per heavy atom. The van der Waals surface area contributed by atoms with Crippen molar-refractivity contribution in [3.63, 3.8) is 0 Å². The number of aromatic amines is 1. The van der Waals surface area contributed by atoms with Crippen LogP contribution >= 0.6 is 0 Å². The second-order valence-corrected chi connectivity index (χ2v) is 3.52. The number of aromatic nitrogens is 2. The molecule has 1 heterocycles. The Kier molecular flexibility index (Phi) is 3.94. The van der Waals surface area contributed by atoms with Crippen LogP contribution in [0, 0.1) is 0 Å². The Hall–Kier alpha value is -2.06. The van der Waals surface area contributed by atoms with Crippen LogP contribution in [-0.4, -0.2) is 26.8 Å². The van der Waals surface area contributed by atoms with E-state index in [2.05, 4.69) is 0 Å². The van der Waals surface area contributed by atoms with Crippen molar-refractivity contribution >= 4 is 5.97 Å². The van der Waals surface area contributed by atoms with Gasteiger partial charge >= 0.3 is 17.8 Å². The standard InChI is InChI=1S/C9H9F3N2O4/c10-9(11,12)2-1-3-14-4-5(7(16)17)6(15)13-8(14)18/h4H,1-3H2,(H,16,17)(H,13,15,18). The van der Waals surface area contributed by atoms with Crippen molar-refractivity contribution in [3.05, 3.63) is 32.6 Å². The van der Waals surface area contributed by atoms with Crippen LogP contribution in [0.2, 0.25) is 0 Å². The third-order valence-electron chi connectivity index (χ3n) is 2.10. The summed E-state index contributed by atoms with van der Waals surface area (Å²) in [5, 5.41) is 8.62. The van der Waals surface area contributed by atoms with Gasteiger partial charge in [0.15, 0.2) is 0 Å². The van der Waals surface area contributed by atoms with Gasteiger partial charge in [-0.05, 0) is 6.42 Å². The minimum absolute atomic E-state index is 0.324. The van der Waals surface area contributed by atoms with E-state index in [-0.39, 0.29) is 13.0 Å². The van der Waals surface area contributed by atoms with Crippen LogP contribution in [0.4, 0.5) is 13.2 Å². The van der Waals surface area contributed by atoms with E-state index in [1.807, 2.05) is 0 Å². The minimum Gasteiger partial charge on any atom is -0.477 e. The Morgan fingerprint density at radius 3 is 2.50 bits per heavy atom. The van der Waals surface area contributed by atoms with Gasteiger partial charge in [-0.2, -0.15) is 13.2 Å². The van der Waals surface area contributed by atoms with Crippen LogP contribution in [-0.2, 0) is 6.54 Å². The highest BCUT2D eigenvalue weighted by atomic mass is 19.4. The maximum Gasteiger partial charge on any atom is 0.389 e. The first-order chi connectivity index (χ1) is 8.20. The quantitative estimate of drug-likeness (QED) is 0.833. The minimum atomic E-state index is -4.35. The molecule has 9 heteroatoms. The molecule has 0 atom stereocenters. The first kappa shape index (κ1) is 14.0. The van der Waals surface area contributed by atoms with E-state index in [1.165, 1.54) is 0 Å². The fourth-order valence-electron chi connectivity index (χ4n) is 1.28. The average molecular weight is 266 g/mol. The van der Waals surface area contributed by atoms with Gasteiger partial charge in [0.1, 0.15) is 5.56 Å². The van der Waals surface area contributed by atoms with Gasteiger partial charge in [-0.15, -0.1) is 0 Å². The molecule has 0 amide bonds. The lowest BCUT2D eigenvalue weighted by atomic mass is 10.3. The lowest BCUT2D eigenvalue weighted by Gasteiger charge is -2.08. The average Bonchev–Trinajstić information content (AvgIpc) is 2.18. The molecule has 0 radical (unpaired) electrons. The summed E-state index contributed by atoms with van der Waals surface area (Å²) in [6, 6.07) is 0. The molecule has 0 fully saturated rings. The number of hydrogen-bond acceptors (Lipinski definition) is 3. The predicted octanol–water partition coefficient (Wildman–Crippen LogP) is 0.577. The Bertz CT molecular complexity index is 558. The molecule has 100 valence electrons. The normalized spacial score (nSPS) is 11.5. The number of aromatic carboxylic acids is 1. The van der Waals surface area contributed by atoms with Crippen molar-refractivity contribution in [2.24, 2.45) is 0 Å². The van der Waals surface area contributed by atoms with Crippen molar-refractivity contribution in [3.8, 4) is 0 Å². The van der Waals surface area contributed by atoms with E-state index in [9.17, 15) is 27.6 Å². The monoisotopic (exact) mass is 266 g/mol. The number of aryl methyl sites for hydroxylation is 1. The zero-order valence-corrected chi connectivity index (χ0v) is 8.95. The maximum absolute atomic E-state index is 11.9. The van der Waals surface area contributed by atoms with Gasteiger partial charge in [0.05, 0.1) is 0 Å². The highest BCUT2D eigenvalue weighted by Gasteiger charge is 2.26. The summed E-state index contributed by atoms with van der Waals surface area (Å²) in [6.07, 6.45) is -5.09. The number of H-pyrrole nitrogens is 1. The molecule has 2 N–H and O–H groups in total. The second kappa shape index (κ2) is 5.07. The first-order valence-electron chi connectivity index (χ1n) is 4.84. The van der Waals surface area contributed by atoms with E-state index < -0.39 is 35.4 Å². The van der Waals surface area contributed by atoms with E-state index >= 15 is 0 Å². The van der Waals surface area contributed by atoms with Gasteiger partial charge in [-0.3, -0.25) is 14.3 Å². The molecule has 6 nitrogen and oxygen atoms in total. The van der Waals surface area contributed by atoms with Crippen LogP contribution < -0.4 is 11.2 Å². The Morgan fingerprint density at radius 1 is 1.39 bits per heavy atom. The van der Waals surface area contributed by atoms with Crippen molar-refractivity contribution in [1.29, 1.82) is 0 Å². The number of nitrogens with zero attached hydrogens (tertiary/aromatic N) is 1. The SMILES string of the molecule is O=C(O)c1cn(CCCC(F)(F)F)c(=O)[nH]c1=O. The van der Waals surface area contributed by atoms with Crippen LogP contribution in [0.25, 0.3) is 0 Å². The summed E-state index contributed by atoms with van der Waals surface area (Å²) in [5.74, 6) is -1.55. The number of hydrogen-bond donors (Lipinski definition) is 2. The van der Waals surface area contributed by atoms with Gasteiger partial charge in [0.25, 0.3) is 5.56 Å². The van der Waals surface area contributed by atoms with Gasteiger partial charge in [-0.25, -0.2) is 9.59 Å². The summed E-state index contributed by atoms with van der Waals surface area (Å²) in [4.78, 5) is 34.6. The molecule has 0 spiro atoms. The summed E-state index contributed by atoms with van der Waals surface area (Å²) < 4.78 is 36.4. The van der Waals surface area contributed by atoms with Gasteiger partial charge in [-0.1, -0.05) is 0 Å². The molecule has 0 saturated carbocycles. The van der Waals surface area contributed by atoms with E-state index in [4.69, 9.17) is 5.11 Å². The topological polar surface area (TPSA) is 92.2 Å². The molecule has 0 aliphatic carbocycles. The highest BCUT2D eigenvalue weighted by molar-refractivity contribution is 5.86. The molecule has 0 aromatic carbocycles. The molecule has 1 rings (SSSR count). The zero-order valence-electron chi connectivity index (χ0n) is 8.95. The van der Waals surface area contributed by atoms with Gasteiger partial charge in [0.2, 0.25) is 0 Å². The first-order valence-corrected chi connectivity index (χ1v) is 4.84. The third-order valence-corrected chi connectivity index (χ3v) is 2.10. The molecule has 0 aliphatic rings. The van der Waals surface area contributed by atoms with Crippen LogP contribution in [0.15, 0.2) is 15.8 Å². The molecular formula is C9H9F3N2O4. The number of nitrogens with one attached hydrogen (secondary N) is 1. The fraction of sp³-hybridized carbons (Fsp3) is 0.444. The van der Waals surface area contributed by atoms with Crippen molar-refractivity contribution in [2.45, 2.75) is 25.6 Å². The number of rotatable bonds is 4.